The molecule has 0 aliphatic heterocycles. The highest BCUT2D eigenvalue weighted by Gasteiger charge is 2.00. The number of esters is 1. The zero-order chi connectivity index (χ0) is 13.9. The maximum absolute atomic E-state index is 10.9. The predicted octanol–water partition coefficient (Wildman–Crippen LogP) is 1.28. The SMILES string of the molecule is COC(=O)CSCCOc1ccc(C#CCN)cc1. The highest BCUT2D eigenvalue weighted by molar-refractivity contribution is 7.99. The van der Waals surface area contributed by atoms with Crippen LogP contribution in [0.2, 0.25) is 0 Å². The van der Waals surface area contributed by atoms with Crippen molar-refractivity contribution in [3.05, 3.63) is 29.8 Å². The lowest BCUT2D eigenvalue weighted by atomic mass is 10.2. The lowest BCUT2D eigenvalue weighted by molar-refractivity contribution is -0.137. The van der Waals surface area contributed by atoms with Crippen molar-refractivity contribution in [1.82, 2.24) is 0 Å². The number of hydrogen-bond acceptors (Lipinski definition) is 5. The van der Waals surface area contributed by atoms with Gasteiger partial charge in [-0.3, -0.25) is 4.79 Å². The second-order valence-electron chi connectivity index (χ2n) is 3.51. The summed E-state index contributed by atoms with van der Waals surface area (Å²) >= 11 is 1.48. The summed E-state index contributed by atoms with van der Waals surface area (Å²) in [6.07, 6.45) is 0. The molecule has 0 aliphatic rings. The molecule has 2 N–H and O–H groups in total. The van der Waals surface area contributed by atoms with Crippen LogP contribution in [-0.2, 0) is 9.53 Å². The van der Waals surface area contributed by atoms with E-state index in [1.165, 1.54) is 18.9 Å². The van der Waals surface area contributed by atoms with E-state index in [1.54, 1.807) is 0 Å². The average Bonchev–Trinajstić information content (AvgIpc) is 2.45. The number of thioether (sulfide) groups is 1. The number of nitrogens with two attached hydrogens (primary N) is 1. The molecule has 1 aromatic carbocycles. The maximum Gasteiger partial charge on any atom is 0.315 e. The van der Waals surface area contributed by atoms with Gasteiger partial charge in [0.2, 0.25) is 0 Å². The molecule has 1 aromatic rings. The smallest absolute Gasteiger partial charge is 0.315 e. The summed E-state index contributed by atoms with van der Waals surface area (Å²) in [5.74, 6) is 7.40. The molecule has 0 saturated carbocycles. The molecule has 4 nitrogen and oxygen atoms in total. The summed E-state index contributed by atoms with van der Waals surface area (Å²) in [6, 6.07) is 7.51. The summed E-state index contributed by atoms with van der Waals surface area (Å²) in [5.41, 5.74) is 6.21. The summed E-state index contributed by atoms with van der Waals surface area (Å²) in [6.45, 7) is 0.908. The molecule has 0 unspecified atom stereocenters. The minimum Gasteiger partial charge on any atom is -0.493 e. The van der Waals surface area contributed by atoms with Crippen LogP contribution < -0.4 is 10.5 Å². The molecule has 0 spiro atoms. The number of methoxy groups -OCH3 is 1. The van der Waals surface area contributed by atoms with Gasteiger partial charge in [-0.25, -0.2) is 0 Å². The molecule has 0 saturated heterocycles. The molecule has 19 heavy (non-hydrogen) atoms. The van der Waals surface area contributed by atoms with Crippen molar-refractivity contribution in [3.63, 3.8) is 0 Å². The number of benzene rings is 1. The van der Waals surface area contributed by atoms with Crippen molar-refractivity contribution in [2.24, 2.45) is 5.73 Å². The van der Waals surface area contributed by atoms with Gasteiger partial charge in [-0.1, -0.05) is 11.8 Å². The molecule has 0 heterocycles. The molecule has 102 valence electrons. The van der Waals surface area contributed by atoms with Gasteiger partial charge in [0.05, 0.1) is 26.0 Å². The summed E-state index contributed by atoms with van der Waals surface area (Å²) in [4.78, 5) is 10.9. The van der Waals surface area contributed by atoms with Crippen LogP contribution in [0.5, 0.6) is 5.75 Å². The Kier molecular flexibility index (Phi) is 7.56. The largest absolute Gasteiger partial charge is 0.493 e. The van der Waals surface area contributed by atoms with Crippen molar-refractivity contribution >= 4 is 17.7 Å². The van der Waals surface area contributed by atoms with Crippen LogP contribution in [0.3, 0.4) is 0 Å². The zero-order valence-electron chi connectivity index (χ0n) is 10.8. The monoisotopic (exact) mass is 279 g/mol. The fourth-order valence-corrected chi connectivity index (χ4v) is 1.85. The van der Waals surface area contributed by atoms with Crippen LogP contribution in [-0.4, -0.2) is 37.7 Å². The van der Waals surface area contributed by atoms with E-state index in [0.717, 1.165) is 17.1 Å². The van der Waals surface area contributed by atoms with Crippen LogP contribution in [0.4, 0.5) is 0 Å². The van der Waals surface area contributed by atoms with Gasteiger partial charge in [0, 0.05) is 11.3 Å². The first-order valence-electron chi connectivity index (χ1n) is 5.82. The van der Waals surface area contributed by atoms with E-state index in [4.69, 9.17) is 10.5 Å². The predicted molar refractivity (Wildman–Crippen MR) is 77.2 cm³/mol. The molecule has 1 rings (SSSR count). The van der Waals surface area contributed by atoms with E-state index in [2.05, 4.69) is 16.6 Å². The van der Waals surface area contributed by atoms with Crippen molar-refractivity contribution in [2.75, 3.05) is 31.8 Å². The Morgan fingerprint density at radius 1 is 1.37 bits per heavy atom. The van der Waals surface area contributed by atoms with E-state index in [0.29, 0.717) is 18.9 Å². The topological polar surface area (TPSA) is 61.5 Å². The van der Waals surface area contributed by atoms with Crippen LogP contribution in [0, 0.1) is 11.8 Å². The first kappa shape index (κ1) is 15.4. The Labute approximate surface area is 117 Å². The van der Waals surface area contributed by atoms with Crippen molar-refractivity contribution in [2.45, 2.75) is 0 Å². The van der Waals surface area contributed by atoms with Gasteiger partial charge in [0.1, 0.15) is 5.75 Å². The van der Waals surface area contributed by atoms with E-state index in [-0.39, 0.29) is 5.97 Å². The number of carbonyl (C=O) groups is 1. The Morgan fingerprint density at radius 3 is 2.74 bits per heavy atom. The van der Waals surface area contributed by atoms with Gasteiger partial charge in [-0.15, -0.1) is 11.8 Å². The third kappa shape index (κ3) is 6.75. The lowest BCUT2D eigenvalue weighted by Crippen LogP contribution is -2.06. The molecule has 0 atom stereocenters. The van der Waals surface area contributed by atoms with Crippen LogP contribution in [0.1, 0.15) is 5.56 Å². The van der Waals surface area contributed by atoms with E-state index in [1.807, 2.05) is 24.3 Å². The molecule has 5 heteroatoms. The molecule has 0 fully saturated rings. The minimum atomic E-state index is -0.215. The Morgan fingerprint density at radius 2 is 2.11 bits per heavy atom. The van der Waals surface area contributed by atoms with Crippen LogP contribution in [0.25, 0.3) is 0 Å². The van der Waals surface area contributed by atoms with Gasteiger partial charge < -0.3 is 15.2 Å². The van der Waals surface area contributed by atoms with Crippen LogP contribution >= 0.6 is 11.8 Å². The van der Waals surface area contributed by atoms with Gasteiger partial charge in [0.15, 0.2) is 0 Å². The maximum atomic E-state index is 10.9. The molecule has 0 aliphatic carbocycles. The molecule has 0 radical (unpaired) electrons. The van der Waals surface area contributed by atoms with Gasteiger partial charge in [-0.2, -0.15) is 0 Å². The third-order valence-electron chi connectivity index (χ3n) is 2.13. The second kappa shape index (κ2) is 9.31. The molecule has 0 amide bonds. The fourth-order valence-electron chi connectivity index (χ4n) is 1.22. The highest BCUT2D eigenvalue weighted by atomic mass is 32.2. The number of hydrogen-bond donors (Lipinski definition) is 1. The van der Waals surface area contributed by atoms with Crippen molar-refractivity contribution in [1.29, 1.82) is 0 Å². The standard InChI is InChI=1S/C14H17NO3S/c1-17-14(16)11-19-10-9-18-13-6-4-12(5-7-13)3-2-8-15/h4-7H,8-11,15H2,1H3. The number of rotatable bonds is 6. The zero-order valence-corrected chi connectivity index (χ0v) is 11.7. The summed E-state index contributed by atoms with van der Waals surface area (Å²) < 4.78 is 10.1. The highest BCUT2D eigenvalue weighted by Crippen LogP contribution is 2.12. The van der Waals surface area contributed by atoms with E-state index in [9.17, 15) is 4.79 Å². The third-order valence-corrected chi connectivity index (χ3v) is 3.03. The van der Waals surface area contributed by atoms with Gasteiger partial charge >= 0.3 is 5.97 Å². The molecule has 0 bridgehead atoms. The molecule has 0 aromatic heterocycles. The summed E-state index contributed by atoms with van der Waals surface area (Å²) in [5, 5.41) is 0. The Hall–Kier alpha value is -1.64. The minimum absolute atomic E-state index is 0.215. The van der Waals surface area contributed by atoms with E-state index < -0.39 is 0 Å². The van der Waals surface area contributed by atoms with Gasteiger partial charge in [-0.05, 0) is 24.3 Å². The molecular formula is C14H17NO3S. The summed E-state index contributed by atoms with van der Waals surface area (Å²) in [7, 11) is 1.38. The average molecular weight is 279 g/mol. The van der Waals surface area contributed by atoms with Gasteiger partial charge in [0.25, 0.3) is 0 Å². The van der Waals surface area contributed by atoms with E-state index >= 15 is 0 Å². The number of ether oxygens (including phenoxy) is 2. The van der Waals surface area contributed by atoms with Crippen molar-refractivity contribution in [3.8, 4) is 17.6 Å². The second-order valence-corrected chi connectivity index (χ2v) is 4.61. The first-order valence-corrected chi connectivity index (χ1v) is 6.98. The fraction of sp³-hybridized carbons (Fsp3) is 0.357. The normalized spacial score (nSPS) is 9.37. The Balaban J connectivity index is 2.24. The molecular weight excluding hydrogens is 262 g/mol. The van der Waals surface area contributed by atoms with Crippen molar-refractivity contribution < 1.29 is 14.3 Å². The number of carbonyl (C=O) groups excluding carboxylic acids is 1. The lowest BCUT2D eigenvalue weighted by Gasteiger charge is -2.05. The Bertz CT molecular complexity index is 448. The van der Waals surface area contributed by atoms with Crippen LogP contribution in [0.15, 0.2) is 24.3 Å². The first-order chi connectivity index (χ1) is 9.26. The quantitative estimate of drug-likeness (QED) is 0.483.